The predicted molar refractivity (Wildman–Crippen MR) is 91.3 cm³/mol. The van der Waals surface area contributed by atoms with E-state index in [-0.39, 0.29) is 22.9 Å². The zero-order valence-electron chi connectivity index (χ0n) is 16.0. The lowest BCUT2D eigenvalue weighted by atomic mass is 9.47. The second-order valence-electron chi connectivity index (χ2n) is 9.50. The van der Waals surface area contributed by atoms with Crippen LogP contribution in [-0.2, 0) is 9.53 Å². The Morgan fingerprint density at radius 1 is 1.33 bits per heavy atom. The molecule has 4 fully saturated rings. The highest BCUT2D eigenvalue weighted by atomic mass is 16.6. The summed E-state index contributed by atoms with van der Waals surface area (Å²) in [7, 11) is 0. The quantitative estimate of drug-likeness (QED) is 0.591. The number of carbonyl (C=O) groups excluding carboxylic acids is 1. The Morgan fingerprint density at radius 2 is 2.12 bits per heavy atom. The molecule has 1 saturated heterocycles. The fourth-order valence-electron chi connectivity index (χ4n) is 7.47. The maximum Gasteiger partial charge on any atom is 0.133 e. The number of aliphatic hydroxyl groups excluding tert-OH is 1. The van der Waals surface area contributed by atoms with Gasteiger partial charge in [-0.2, -0.15) is 0 Å². The highest BCUT2D eigenvalue weighted by Gasteiger charge is 2.67. The Morgan fingerprint density at radius 3 is 2.88 bits per heavy atom. The zero-order chi connectivity index (χ0) is 17.8. The van der Waals surface area contributed by atoms with E-state index < -0.39 is 12.2 Å². The van der Waals surface area contributed by atoms with Crippen LogP contribution in [0, 0.1) is 34.5 Å². The first-order valence-corrected chi connectivity index (χ1v) is 9.79. The molecule has 9 atom stereocenters. The molecule has 1 N–H and O–H groups in total. The maximum atomic E-state index is 12.2. The Hall–Kier alpha value is -0.670. The Balaban J connectivity index is 1.54. The van der Waals surface area contributed by atoms with E-state index in [4.69, 9.17) is 6.11 Å². The van der Waals surface area contributed by atoms with E-state index in [0.717, 1.165) is 32.1 Å². The van der Waals surface area contributed by atoms with Gasteiger partial charge in [0.15, 0.2) is 0 Å². The molecule has 3 saturated carbocycles. The van der Waals surface area contributed by atoms with Gasteiger partial charge in [0.05, 0.1) is 13.6 Å². The average Bonchev–Trinajstić information content (AvgIpc) is 3.13. The normalized spacial score (nSPS) is 61.7. The number of ketones is 1. The molecule has 0 spiro atoms. The minimum Gasteiger partial charge on any atom is -0.390 e. The van der Waals surface area contributed by atoms with Crippen LogP contribution in [-0.4, -0.2) is 29.2 Å². The number of ether oxygens (including phenoxy) is 1. The molecule has 0 aromatic heterocycles. The van der Waals surface area contributed by atoms with Gasteiger partial charge in [-0.25, -0.2) is 0 Å². The van der Waals surface area contributed by atoms with Crippen LogP contribution in [0.15, 0.2) is 11.6 Å². The van der Waals surface area contributed by atoms with E-state index in [1.807, 2.05) is 0 Å². The second kappa shape index (κ2) is 4.73. The number of hydrogen-bond acceptors (Lipinski definition) is 3. The largest absolute Gasteiger partial charge is 0.390 e. The van der Waals surface area contributed by atoms with Crippen molar-refractivity contribution >= 4 is 5.78 Å². The monoisotopic (exact) mass is 331 g/mol. The van der Waals surface area contributed by atoms with Gasteiger partial charge in [0, 0.05) is 11.3 Å². The van der Waals surface area contributed by atoms with Gasteiger partial charge in [0.2, 0.25) is 0 Å². The summed E-state index contributed by atoms with van der Waals surface area (Å²) in [6, 6.07) is 0. The summed E-state index contributed by atoms with van der Waals surface area (Å²) in [4.78, 5) is 12.2. The molecule has 0 aromatic rings. The van der Waals surface area contributed by atoms with Crippen molar-refractivity contribution < 1.29 is 16.0 Å². The molecule has 3 unspecified atom stereocenters. The third-order valence-electron chi connectivity index (χ3n) is 8.72. The summed E-state index contributed by atoms with van der Waals surface area (Å²) in [5.74, 6) is 2.18. The lowest BCUT2D eigenvalue weighted by Crippen LogP contribution is -2.53. The van der Waals surface area contributed by atoms with Crippen molar-refractivity contribution in [1.82, 2.24) is 0 Å². The van der Waals surface area contributed by atoms with Crippen molar-refractivity contribution in [2.45, 2.75) is 77.6 Å². The van der Waals surface area contributed by atoms with Crippen LogP contribution in [0.3, 0.4) is 0 Å². The van der Waals surface area contributed by atoms with Crippen LogP contribution in [0.4, 0.5) is 0 Å². The Kier molecular flexibility index (Phi) is 2.86. The number of rotatable bonds is 1. The van der Waals surface area contributed by atoms with E-state index in [2.05, 4.69) is 19.9 Å². The van der Waals surface area contributed by atoms with E-state index >= 15 is 0 Å². The Bertz CT molecular complexity index is 674. The van der Waals surface area contributed by atoms with Crippen LogP contribution < -0.4 is 0 Å². The molecule has 1 aliphatic heterocycles. The van der Waals surface area contributed by atoms with Gasteiger partial charge in [0.25, 0.3) is 0 Å². The van der Waals surface area contributed by atoms with E-state index in [0.29, 0.717) is 30.0 Å². The van der Waals surface area contributed by atoms with Crippen LogP contribution in [0.5, 0.6) is 0 Å². The molecule has 1 heterocycles. The van der Waals surface area contributed by atoms with E-state index in [9.17, 15) is 9.90 Å². The number of hydrogen-bond donors (Lipinski definition) is 1. The third kappa shape index (κ3) is 1.73. The van der Waals surface area contributed by atoms with Crippen LogP contribution in [0.1, 0.15) is 60.7 Å². The Labute approximate surface area is 146 Å². The number of allylic oxidation sites excluding steroid dienone is 1. The minimum atomic E-state index is -0.938. The molecule has 24 heavy (non-hydrogen) atoms. The number of epoxide rings is 1. The summed E-state index contributed by atoms with van der Waals surface area (Å²) in [5, 5.41) is 10.3. The number of carbonyl (C=O) groups is 1. The lowest BCUT2D eigenvalue weighted by molar-refractivity contribution is -0.127. The first-order chi connectivity index (χ1) is 11.7. The van der Waals surface area contributed by atoms with Crippen molar-refractivity contribution in [3.05, 3.63) is 11.6 Å². The minimum absolute atomic E-state index is 0.141. The van der Waals surface area contributed by atoms with Crippen molar-refractivity contribution in [2.24, 2.45) is 34.5 Å². The summed E-state index contributed by atoms with van der Waals surface area (Å²) in [5.41, 5.74) is 1.13. The van der Waals surface area contributed by atoms with Gasteiger partial charge in [-0.1, -0.05) is 25.5 Å². The van der Waals surface area contributed by atoms with Gasteiger partial charge in [-0.15, -0.1) is 0 Å². The molecule has 0 aromatic carbocycles. The van der Waals surface area contributed by atoms with Gasteiger partial charge >= 0.3 is 0 Å². The topological polar surface area (TPSA) is 49.8 Å². The number of Topliss-reactive ketones (excluding diaryl/α,β-unsaturated/α-hetero) is 1. The first kappa shape index (κ1) is 14.5. The second-order valence-corrected chi connectivity index (χ2v) is 9.50. The fourth-order valence-corrected chi connectivity index (χ4v) is 7.47. The average molecular weight is 331 g/mol. The van der Waals surface area contributed by atoms with Crippen LogP contribution in [0.25, 0.3) is 0 Å². The zero-order valence-corrected chi connectivity index (χ0v) is 15.0. The summed E-state index contributed by atoms with van der Waals surface area (Å²) in [6.07, 6.45) is 6.65. The molecule has 132 valence electrons. The maximum absolute atomic E-state index is 12.2. The van der Waals surface area contributed by atoms with Gasteiger partial charge in [0.1, 0.15) is 11.9 Å². The van der Waals surface area contributed by atoms with Crippen molar-refractivity contribution in [2.75, 3.05) is 0 Å². The van der Waals surface area contributed by atoms with E-state index in [1.165, 1.54) is 5.57 Å². The number of aliphatic hydroxyl groups is 1. The molecule has 0 bridgehead atoms. The molecular formula is C21H30O3. The SMILES string of the molecule is [2H]C12OC1C(O)CC1=CC[C@H]3[C@@H]4CC[C@@H](C(C)=O)[C@@]4(C)CC[C@@H]3[C@]12C. The lowest BCUT2D eigenvalue weighted by Gasteiger charge is -2.57. The molecular weight excluding hydrogens is 300 g/mol. The highest BCUT2D eigenvalue weighted by Crippen LogP contribution is 2.68. The van der Waals surface area contributed by atoms with E-state index in [1.54, 1.807) is 6.92 Å². The molecule has 5 rings (SSSR count). The highest BCUT2D eigenvalue weighted by molar-refractivity contribution is 5.79. The van der Waals surface area contributed by atoms with Crippen molar-refractivity contribution in [1.29, 1.82) is 0 Å². The molecule has 4 aliphatic carbocycles. The summed E-state index contributed by atoms with van der Waals surface area (Å²) >= 11 is 0. The van der Waals surface area contributed by atoms with Crippen LogP contribution in [0.2, 0.25) is 0 Å². The van der Waals surface area contributed by atoms with Crippen molar-refractivity contribution in [3.63, 3.8) is 0 Å². The molecule has 3 heteroatoms. The fraction of sp³-hybridized carbons (Fsp3) is 0.857. The standard InChI is InChI=1S/C21H30O3/c1-11(22)14-6-7-15-13-5-4-12-10-17(23)18-19(24-18)21(12,3)16(13)8-9-20(14,15)2/h4,13-19,23H,5-10H2,1-3H3/t13-,14-,15-,16-,17?,18?,19?,20+,21-/m0/s1/i19D. The van der Waals surface area contributed by atoms with Gasteiger partial charge < -0.3 is 9.84 Å². The predicted octanol–water partition coefficient (Wildman–Crippen LogP) is 3.50. The first-order valence-electron chi connectivity index (χ1n) is 10.3. The molecule has 5 aliphatic rings. The van der Waals surface area contributed by atoms with Gasteiger partial charge in [-0.3, -0.25) is 4.79 Å². The van der Waals surface area contributed by atoms with Gasteiger partial charge in [-0.05, 0) is 68.6 Å². The summed E-state index contributed by atoms with van der Waals surface area (Å²) < 4.78 is 14.8. The van der Waals surface area contributed by atoms with Crippen molar-refractivity contribution in [3.8, 4) is 0 Å². The summed E-state index contributed by atoms with van der Waals surface area (Å²) in [6.45, 7) is 6.36. The molecule has 0 amide bonds. The molecule has 3 nitrogen and oxygen atoms in total. The smallest absolute Gasteiger partial charge is 0.133 e. The third-order valence-corrected chi connectivity index (χ3v) is 8.72. The molecule has 0 radical (unpaired) electrons. The number of fused-ring (bicyclic) bond motifs is 7. The van der Waals surface area contributed by atoms with Crippen LogP contribution >= 0.6 is 0 Å².